The lowest BCUT2D eigenvalue weighted by atomic mass is 9.96. The molecule has 128 valence electrons. The molecule has 0 aliphatic heterocycles. The zero-order chi connectivity index (χ0) is 17.6. The number of fused-ring (bicyclic) bond motifs is 2. The molecule has 0 saturated carbocycles. The van der Waals surface area contributed by atoms with Gasteiger partial charge in [0.05, 0.1) is 0 Å². The Hall–Kier alpha value is -1.35. The molecule has 0 heterocycles. The molecule has 0 N–H and O–H groups in total. The van der Waals surface area contributed by atoms with Gasteiger partial charge < -0.3 is 4.90 Å². The van der Waals surface area contributed by atoms with Gasteiger partial charge in [-0.2, -0.15) is 0 Å². The maximum atomic E-state index is 6.18. The fourth-order valence-corrected chi connectivity index (χ4v) is 4.48. The van der Waals surface area contributed by atoms with Crippen molar-refractivity contribution in [2.75, 3.05) is 20.6 Å². The molecule has 0 bridgehead atoms. The van der Waals surface area contributed by atoms with Gasteiger partial charge in [0.2, 0.25) is 0 Å². The van der Waals surface area contributed by atoms with E-state index in [9.17, 15) is 0 Å². The predicted molar refractivity (Wildman–Crippen MR) is 111 cm³/mol. The molecule has 0 unspecified atom stereocenters. The van der Waals surface area contributed by atoms with Gasteiger partial charge in [-0.3, -0.25) is 0 Å². The van der Waals surface area contributed by atoms with E-state index in [4.69, 9.17) is 11.6 Å². The molecule has 2 aliphatic carbocycles. The molecule has 4 rings (SSSR count). The monoisotopic (exact) mass is 413 g/mol. The number of benzene rings is 2. The van der Waals surface area contributed by atoms with E-state index in [2.05, 4.69) is 71.3 Å². The lowest BCUT2D eigenvalue weighted by Crippen LogP contribution is -2.13. The van der Waals surface area contributed by atoms with Crippen molar-refractivity contribution < 1.29 is 0 Å². The van der Waals surface area contributed by atoms with Crippen LogP contribution in [0.2, 0.25) is 5.02 Å². The van der Waals surface area contributed by atoms with Crippen LogP contribution in [0.1, 0.15) is 28.7 Å². The van der Waals surface area contributed by atoms with Gasteiger partial charge in [0.1, 0.15) is 0 Å². The number of hydrogen-bond acceptors (Lipinski definition) is 1. The highest BCUT2D eigenvalue weighted by Crippen LogP contribution is 2.43. The molecule has 0 radical (unpaired) electrons. The molecular weight excluding hydrogens is 394 g/mol. The Kier molecular flexibility index (Phi) is 4.61. The van der Waals surface area contributed by atoms with Crippen LogP contribution in [-0.2, 0) is 12.8 Å². The first-order valence-electron chi connectivity index (χ1n) is 8.66. The van der Waals surface area contributed by atoms with E-state index >= 15 is 0 Å². The second kappa shape index (κ2) is 6.75. The van der Waals surface area contributed by atoms with Crippen molar-refractivity contribution in [1.29, 1.82) is 0 Å². The summed E-state index contributed by atoms with van der Waals surface area (Å²) in [6.45, 7) is 1.07. The molecule has 0 amide bonds. The number of halogens is 2. The van der Waals surface area contributed by atoms with Crippen molar-refractivity contribution in [3.63, 3.8) is 0 Å². The van der Waals surface area contributed by atoms with Crippen LogP contribution in [-0.4, -0.2) is 25.5 Å². The van der Waals surface area contributed by atoms with Crippen LogP contribution >= 0.6 is 27.5 Å². The molecule has 3 heteroatoms. The van der Waals surface area contributed by atoms with E-state index < -0.39 is 0 Å². The Morgan fingerprint density at radius 1 is 1.04 bits per heavy atom. The number of nitrogens with zero attached hydrogens (tertiary/aromatic N) is 1. The molecule has 25 heavy (non-hydrogen) atoms. The van der Waals surface area contributed by atoms with Gasteiger partial charge >= 0.3 is 0 Å². The third kappa shape index (κ3) is 3.36. The van der Waals surface area contributed by atoms with E-state index in [1.807, 2.05) is 6.07 Å². The molecule has 2 aromatic carbocycles. The number of allylic oxidation sites excluding steroid dienone is 2. The van der Waals surface area contributed by atoms with Crippen molar-refractivity contribution in [1.82, 2.24) is 4.90 Å². The Bertz CT molecular complexity index is 908. The minimum atomic E-state index is 0.816. The highest BCUT2D eigenvalue weighted by Gasteiger charge is 2.26. The molecule has 2 aliphatic rings. The summed E-state index contributed by atoms with van der Waals surface area (Å²) in [7, 11) is 4.29. The Morgan fingerprint density at radius 2 is 1.88 bits per heavy atom. The Labute approximate surface area is 163 Å². The summed E-state index contributed by atoms with van der Waals surface area (Å²) in [6.07, 6.45) is 5.48. The average molecular weight is 415 g/mol. The summed E-state index contributed by atoms with van der Waals surface area (Å²) in [5.41, 5.74) is 10.0. The highest BCUT2D eigenvalue weighted by molar-refractivity contribution is 9.10. The summed E-state index contributed by atoms with van der Waals surface area (Å²) >= 11 is 9.81. The number of hydrogen-bond donors (Lipinski definition) is 0. The zero-order valence-corrected chi connectivity index (χ0v) is 16.9. The summed E-state index contributed by atoms with van der Waals surface area (Å²) < 4.78 is 1.16. The second-order valence-electron chi connectivity index (χ2n) is 7.18. The van der Waals surface area contributed by atoms with Crippen LogP contribution in [0.4, 0.5) is 0 Å². The van der Waals surface area contributed by atoms with Gasteiger partial charge in [0.15, 0.2) is 0 Å². The normalized spacial score (nSPS) is 15.6. The van der Waals surface area contributed by atoms with Crippen LogP contribution in [0.25, 0.3) is 11.6 Å². The minimum Gasteiger partial charge on any atom is -0.309 e. The van der Waals surface area contributed by atoms with Crippen LogP contribution in [0, 0.1) is 0 Å². The van der Waals surface area contributed by atoms with Crippen molar-refractivity contribution in [3.05, 3.63) is 79.3 Å². The Morgan fingerprint density at radius 3 is 2.68 bits per heavy atom. The van der Waals surface area contributed by atoms with Gasteiger partial charge in [-0.1, -0.05) is 45.7 Å². The average Bonchev–Trinajstić information content (AvgIpc) is 3.12. The zero-order valence-electron chi connectivity index (χ0n) is 14.6. The largest absolute Gasteiger partial charge is 0.309 e. The van der Waals surface area contributed by atoms with E-state index in [1.54, 1.807) is 0 Å². The van der Waals surface area contributed by atoms with Crippen molar-refractivity contribution in [2.24, 2.45) is 0 Å². The Balaban J connectivity index is 1.73. The van der Waals surface area contributed by atoms with Crippen LogP contribution in [0.3, 0.4) is 0 Å². The fraction of sp³-hybridized carbons (Fsp3) is 0.273. The smallest absolute Gasteiger partial charge is 0.0412 e. The molecule has 2 aromatic rings. The van der Waals surface area contributed by atoms with E-state index in [0.29, 0.717) is 0 Å². The van der Waals surface area contributed by atoms with E-state index in [1.165, 1.54) is 39.0 Å². The van der Waals surface area contributed by atoms with Crippen LogP contribution in [0.5, 0.6) is 0 Å². The highest BCUT2D eigenvalue weighted by atomic mass is 79.9. The maximum absolute atomic E-state index is 6.18. The van der Waals surface area contributed by atoms with Crippen LogP contribution < -0.4 is 0 Å². The van der Waals surface area contributed by atoms with E-state index in [-0.39, 0.29) is 0 Å². The lowest BCUT2D eigenvalue weighted by Gasteiger charge is -2.14. The van der Waals surface area contributed by atoms with Crippen molar-refractivity contribution >= 4 is 39.2 Å². The first-order chi connectivity index (χ1) is 12.0. The van der Waals surface area contributed by atoms with Gasteiger partial charge in [-0.25, -0.2) is 0 Å². The molecule has 0 atom stereocenters. The quantitative estimate of drug-likeness (QED) is 0.592. The van der Waals surface area contributed by atoms with Crippen molar-refractivity contribution in [2.45, 2.75) is 19.3 Å². The number of rotatable bonds is 4. The lowest BCUT2D eigenvalue weighted by molar-refractivity contribution is 0.419. The fourth-order valence-electron chi connectivity index (χ4n) is 3.89. The topological polar surface area (TPSA) is 3.24 Å². The molecule has 0 fully saturated rings. The SMILES string of the molecule is CN(C)CCC1=C(C2=Cc3cc(Cl)ccc3C2)Cc2cc(Br)ccc21. The maximum Gasteiger partial charge on any atom is 0.0412 e. The molecule has 0 aromatic heterocycles. The molecular formula is C22H21BrClN. The standard InChI is InChI=1S/C22H21BrClN/c1-25(2)8-7-21-20-6-4-18(23)11-17(20)13-22(21)16-9-14-3-5-19(24)12-15(14)10-16/h3-6,10-12H,7-9,13H2,1-2H3. The third-order valence-electron chi connectivity index (χ3n) is 5.14. The van der Waals surface area contributed by atoms with Crippen LogP contribution in [0.15, 0.2) is 52.0 Å². The third-order valence-corrected chi connectivity index (χ3v) is 5.87. The van der Waals surface area contributed by atoms with Gasteiger partial charge in [-0.15, -0.1) is 0 Å². The first kappa shape index (κ1) is 17.1. The van der Waals surface area contributed by atoms with Gasteiger partial charge in [0.25, 0.3) is 0 Å². The molecule has 1 nitrogen and oxygen atoms in total. The predicted octanol–water partition coefficient (Wildman–Crippen LogP) is 6.00. The summed E-state index contributed by atoms with van der Waals surface area (Å²) in [5, 5.41) is 0.816. The van der Waals surface area contributed by atoms with E-state index in [0.717, 1.165) is 35.3 Å². The minimum absolute atomic E-state index is 0.816. The summed E-state index contributed by atoms with van der Waals surface area (Å²) in [4.78, 5) is 2.26. The second-order valence-corrected chi connectivity index (χ2v) is 8.53. The van der Waals surface area contributed by atoms with Gasteiger partial charge in [-0.05, 0) is 96.6 Å². The summed E-state index contributed by atoms with van der Waals surface area (Å²) in [6, 6.07) is 13.0. The van der Waals surface area contributed by atoms with Crippen molar-refractivity contribution in [3.8, 4) is 0 Å². The summed E-state index contributed by atoms with van der Waals surface area (Å²) in [5.74, 6) is 0. The molecule has 0 saturated heterocycles. The first-order valence-corrected chi connectivity index (χ1v) is 9.83. The van der Waals surface area contributed by atoms with Gasteiger partial charge in [0, 0.05) is 16.0 Å². The molecule has 0 spiro atoms.